The quantitative estimate of drug-likeness (QED) is 0.783. The molecule has 0 radical (unpaired) electrons. The van der Waals surface area contributed by atoms with Gasteiger partial charge in [0.25, 0.3) is 0 Å². The van der Waals surface area contributed by atoms with Gasteiger partial charge in [0.1, 0.15) is 11.0 Å². The summed E-state index contributed by atoms with van der Waals surface area (Å²) >= 11 is 7.26. The normalized spacial score (nSPS) is 13.5. The molecule has 7 heteroatoms. The van der Waals surface area contributed by atoms with Gasteiger partial charge in [0.15, 0.2) is 0 Å². The van der Waals surface area contributed by atoms with Crippen LogP contribution in [-0.4, -0.2) is 30.1 Å². The first-order valence-electron chi connectivity index (χ1n) is 5.22. The topological polar surface area (TPSA) is 16.1 Å². The first kappa shape index (κ1) is 15.4. The van der Waals surface area contributed by atoms with Gasteiger partial charge in [-0.1, -0.05) is 11.6 Å². The summed E-state index contributed by atoms with van der Waals surface area (Å²) in [6.45, 7) is 1.92. The van der Waals surface area contributed by atoms with E-state index < -0.39 is 11.7 Å². The molecule has 1 aromatic rings. The Morgan fingerprint density at radius 1 is 1.44 bits per heavy atom. The molecule has 0 N–H and O–H groups in total. The number of nitrogens with zero attached hydrogens (tertiary/aromatic N) is 2. The van der Waals surface area contributed by atoms with E-state index in [1.165, 1.54) is 0 Å². The number of hydrogen-bond donors (Lipinski definition) is 0. The van der Waals surface area contributed by atoms with Crippen molar-refractivity contribution < 1.29 is 13.2 Å². The summed E-state index contributed by atoms with van der Waals surface area (Å²) in [5, 5.41) is -0.150. The Morgan fingerprint density at radius 3 is 2.56 bits per heavy atom. The fraction of sp³-hybridized carbons (Fsp3) is 0.545. The van der Waals surface area contributed by atoms with Gasteiger partial charge in [-0.15, -0.1) is 0 Å². The summed E-state index contributed by atoms with van der Waals surface area (Å²) < 4.78 is 38.0. The zero-order valence-electron chi connectivity index (χ0n) is 10.3. The minimum absolute atomic E-state index is 0.0760. The fourth-order valence-electron chi connectivity index (χ4n) is 1.41. The van der Waals surface area contributed by atoms with Crippen LogP contribution >= 0.6 is 23.4 Å². The highest BCUT2D eigenvalue weighted by molar-refractivity contribution is 7.98. The molecular weight excluding hydrogens is 285 g/mol. The van der Waals surface area contributed by atoms with E-state index in [1.54, 1.807) is 23.7 Å². The van der Waals surface area contributed by atoms with Crippen molar-refractivity contribution >= 4 is 29.2 Å². The van der Waals surface area contributed by atoms with E-state index in [2.05, 4.69) is 4.98 Å². The van der Waals surface area contributed by atoms with Crippen molar-refractivity contribution in [2.45, 2.75) is 19.1 Å². The summed E-state index contributed by atoms with van der Waals surface area (Å²) in [6, 6.07) is 1.92. The van der Waals surface area contributed by atoms with Crippen LogP contribution < -0.4 is 4.90 Å². The van der Waals surface area contributed by atoms with Gasteiger partial charge in [-0.05, 0) is 25.3 Å². The zero-order valence-corrected chi connectivity index (χ0v) is 11.8. The third kappa shape index (κ3) is 3.95. The van der Waals surface area contributed by atoms with Gasteiger partial charge < -0.3 is 4.90 Å². The van der Waals surface area contributed by atoms with Crippen LogP contribution in [0.4, 0.5) is 19.0 Å². The Bertz CT molecular complexity index is 412. The van der Waals surface area contributed by atoms with Crippen molar-refractivity contribution in [3.05, 3.63) is 22.8 Å². The lowest BCUT2D eigenvalue weighted by Crippen LogP contribution is -2.31. The second-order valence-corrected chi connectivity index (χ2v) is 5.25. The molecular formula is C11H14ClF3N2S. The Labute approximate surface area is 114 Å². The summed E-state index contributed by atoms with van der Waals surface area (Å²) in [4.78, 5) is 5.62. The minimum atomic E-state index is -4.41. The number of thioether (sulfide) groups is 1. The highest BCUT2D eigenvalue weighted by Gasteiger charge is 2.32. The second-order valence-electron chi connectivity index (χ2n) is 3.95. The first-order valence-corrected chi connectivity index (χ1v) is 6.99. The van der Waals surface area contributed by atoms with Crippen molar-refractivity contribution in [1.82, 2.24) is 4.98 Å². The molecule has 0 spiro atoms. The van der Waals surface area contributed by atoms with Gasteiger partial charge in [-0.2, -0.15) is 24.9 Å². The van der Waals surface area contributed by atoms with Crippen molar-refractivity contribution in [1.29, 1.82) is 0 Å². The van der Waals surface area contributed by atoms with Gasteiger partial charge in [-0.25, -0.2) is 4.98 Å². The maximum atomic E-state index is 12.7. The molecule has 0 saturated carbocycles. The van der Waals surface area contributed by atoms with E-state index in [4.69, 9.17) is 11.6 Å². The first-order chi connectivity index (χ1) is 8.25. The van der Waals surface area contributed by atoms with E-state index in [9.17, 15) is 13.2 Å². The van der Waals surface area contributed by atoms with Crippen molar-refractivity contribution in [2.75, 3.05) is 24.0 Å². The predicted octanol–water partition coefficient (Wildman–Crippen LogP) is 3.94. The van der Waals surface area contributed by atoms with Crippen LogP contribution in [0.1, 0.15) is 12.5 Å². The predicted molar refractivity (Wildman–Crippen MR) is 70.5 cm³/mol. The molecule has 1 heterocycles. The zero-order chi connectivity index (χ0) is 13.9. The third-order valence-electron chi connectivity index (χ3n) is 2.54. The van der Waals surface area contributed by atoms with Crippen LogP contribution in [0.15, 0.2) is 12.1 Å². The standard InChI is InChI=1S/C11H14ClF3N2S/c1-7(6-18-3)17(2)10-5-8(11(13,14)15)4-9(12)16-10/h4-5,7H,6H2,1-3H3. The van der Waals surface area contributed by atoms with Crippen LogP contribution in [0.25, 0.3) is 0 Å². The summed E-state index contributed by atoms with van der Waals surface area (Å²) in [5.74, 6) is 1.03. The van der Waals surface area contributed by atoms with E-state index in [0.29, 0.717) is 0 Å². The molecule has 1 unspecified atom stereocenters. The Morgan fingerprint density at radius 2 is 2.06 bits per heavy atom. The molecule has 0 bridgehead atoms. The molecule has 18 heavy (non-hydrogen) atoms. The third-order valence-corrected chi connectivity index (χ3v) is 3.55. The SMILES string of the molecule is CSCC(C)N(C)c1cc(C(F)(F)F)cc(Cl)n1. The molecule has 0 saturated heterocycles. The molecule has 1 rings (SSSR count). The molecule has 0 amide bonds. The number of alkyl halides is 3. The van der Waals surface area contributed by atoms with Gasteiger partial charge in [0.05, 0.1) is 5.56 Å². The largest absolute Gasteiger partial charge is 0.416 e. The van der Waals surface area contributed by atoms with Gasteiger partial charge >= 0.3 is 6.18 Å². The number of pyridine rings is 1. The molecule has 0 aromatic carbocycles. The lowest BCUT2D eigenvalue weighted by molar-refractivity contribution is -0.137. The fourth-order valence-corrected chi connectivity index (χ4v) is 2.32. The van der Waals surface area contributed by atoms with Crippen molar-refractivity contribution in [3.8, 4) is 0 Å². The average molecular weight is 299 g/mol. The molecule has 0 fully saturated rings. The van der Waals surface area contributed by atoms with Crippen LogP contribution in [0, 0.1) is 0 Å². The van der Waals surface area contributed by atoms with Crippen LogP contribution in [0.5, 0.6) is 0 Å². The summed E-state index contributed by atoms with van der Waals surface area (Å²) in [6.07, 6.45) is -2.47. The van der Waals surface area contributed by atoms with Crippen LogP contribution in [-0.2, 0) is 6.18 Å². The Kier molecular flexibility index (Phi) is 5.16. The van der Waals surface area contributed by atoms with E-state index >= 15 is 0 Å². The van der Waals surface area contributed by atoms with E-state index in [1.807, 2.05) is 13.2 Å². The van der Waals surface area contributed by atoms with Crippen molar-refractivity contribution in [2.24, 2.45) is 0 Å². The molecule has 0 aliphatic rings. The Hall–Kier alpha value is -0.620. The molecule has 2 nitrogen and oxygen atoms in total. The highest BCUT2D eigenvalue weighted by Crippen LogP contribution is 2.33. The maximum Gasteiger partial charge on any atom is 0.416 e. The summed E-state index contributed by atoms with van der Waals surface area (Å²) in [5.41, 5.74) is -0.777. The van der Waals surface area contributed by atoms with Crippen LogP contribution in [0.3, 0.4) is 0 Å². The molecule has 0 aliphatic heterocycles. The van der Waals surface area contributed by atoms with Crippen molar-refractivity contribution in [3.63, 3.8) is 0 Å². The van der Waals surface area contributed by atoms with Gasteiger partial charge in [0, 0.05) is 18.8 Å². The number of aromatic nitrogens is 1. The summed E-state index contributed by atoms with van der Waals surface area (Å²) in [7, 11) is 1.71. The van der Waals surface area contributed by atoms with Gasteiger partial charge in [-0.3, -0.25) is 0 Å². The monoisotopic (exact) mass is 298 g/mol. The Balaban J connectivity index is 3.06. The molecule has 102 valence electrons. The smallest absolute Gasteiger partial charge is 0.356 e. The highest BCUT2D eigenvalue weighted by atomic mass is 35.5. The maximum absolute atomic E-state index is 12.7. The molecule has 0 aliphatic carbocycles. The van der Waals surface area contributed by atoms with Gasteiger partial charge in [0.2, 0.25) is 0 Å². The number of halogens is 4. The average Bonchev–Trinajstić information content (AvgIpc) is 2.26. The van der Waals surface area contributed by atoms with E-state index in [0.717, 1.165) is 17.9 Å². The lowest BCUT2D eigenvalue weighted by atomic mass is 10.2. The molecule has 1 aromatic heterocycles. The molecule has 1 atom stereocenters. The number of hydrogen-bond acceptors (Lipinski definition) is 3. The van der Waals surface area contributed by atoms with E-state index in [-0.39, 0.29) is 17.0 Å². The number of anilines is 1. The number of rotatable bonds is 4. The minimum Gasteiger partial charge on any atom is -0.356 e. The second kappa shape index (κ2) is 6.02. The lowest BCUT2D eigenvalue weighted by Gasteiger charge is -2.26. The van der Waals surface area contributed by atoms with Crippen LogP contribution in [0.2, 0.25) is 5.15 Å².